The van der Waals surface area contributed by atoms with Gasteiger partial charge in [-0.1, -0.05) is 5.16 Å². The molecular formula is C15H21N3O2. The van der Waals surface area contributed by atoms with Crippen LogP contribution in [0, 0.1) is 5.92 Å². The molecule has 0 spiro atoms. The Labute approximate surface area is 118 Å². The van der Waals surface area contributed by atoms with Gasteiger partial charge in [0.25, 0.3) is 0 Å². The average Bonchev–Trinajstić information content (AvgIpc) is 3.09. The van der Waals surface area contributed by atoms with Crippen molar-refractivity contribution in [2.45, 2.75) is 32.4 Å². The molecule has 1 aliphatic rings. The molecule has 2 aromatic heterocycles. The fraction of sp³-hybridized carbons (Fsp3) is 0.533. The van der Waals surface area contributed by atoms with Crippen molar-refractivity contribution < 1.29 is 8.94 Å². The summed E-state index contributed by atoms with van der Waals surface area (Å²) in [5, 5.41) is 4.12. The predicted octanol–water partition coefficient (Wildman–Crippen LogP) is 2.49. The molecular weight excluding hydrogens is 254 g/mol. The quantitative estimate of drug-likeness (QED) is 0.928. The lowest BCUT2D eigenvalue weighted by molar-refractivity contribution is 0.162. The van der Waals surface area contributed by atoms with E-state index in [1.54, 1.807) is 6.26 Å². The molecule has 3 rings (SSSR count). The summed E-state index contributed by atoms with van der Waals surface area (Å²) in [5.41, 5.74) is 6.92. The summed E-state index contributed by atoms with van der Waals surface area (Å²) in [4.78, 5) is 2.41. The van der Waals surface area contributed by atoms with E-state index in [1.165, 1.54) is 12.8 Å². The number of rotatable bonds is 4. The molecule has 0 radical (unpaired) electrons. The third kappa shape index (κ3) is 2.94. The molecule has 5 nitrogen and oxygen atoms in total. The smallest absolute Gasteiger partial charge is 0.202 e. The van der Waals surface area contributed by atoms with E-state index in [9.17, 15) is 0 Å². The van der Waals surface area contributed by atoms with Gasteiger partial charge in [-0.15, -0.1) is 0 Å². The molecule has 0 saturated carbocycles. The highest BCUT2D eigenvalue weighted by molar-refractivity contribution is 5.49. The number of hydrogen-bond donors (Lipinski definition) is 1. The first-order valence-electron chi connectivity index (χ1n) is 7.20. The number of piperidine rings is 1. The minimum absolute atomic E-state index is 0.301. The van der Waals surface area contributed by atoms with Gasteiger partial charge >= 0.3 is 0 Å². The lowest BCUT2D eigenvalue weighted by atomic mass is 9.91. The van der Waals surface area contributed by atoms with Crippen molar-refractivity contribution in [3.8, 4) is 11.5 Å². The second kappa shape index (κ2) is 5.81. The van der Waals surface area contributed by atoms with Crippen molar-refractivity contribution in [3.05, 3.63) is 30.2 Å². The van der Waals surface area contributed by atoms with Crippen molar-refractivity contribution in [1.82, 2.24) is 10.1 Å². The van der Waals surface area contributed by atoms with Crippen LogP contribution in [0.2, 0.25) is 0 Å². The van der Waals surface area contributed by atoms with Crippen LogP contribution >= 0.6 is 0 Å². The Kier molecular flexibility index (Phi) is 3.89. The summed E-state index contributed by atoms with van der Waals surface area (Å²) < 4.78 is 10.6. The van der Waals surface area contributed by atoms with Crippen molar-refractivity contribution in [2.24, 2.45) is 11.7 Å². The molecule has 0 aliphatic carbocycles. The van der Waals surface area contributed by atoms with Crippen LogP contribution in [0.1, 0.15) is 25.5 Å². The number of aromatic nitrogens is 1. The first-order chi connectivity index (χ1) is 9.72. The monoisotopic (exact) mass is 275 g/mol. The molecule has 0 aromatic carbocycles. The number of nitrogens with zero attached hydrogens (tertiary/aromatic N) is 2. The maximum Gasteiger partial charge on any atom is 0.202 e. The lowest BCUT2D eigenvalue weighted by Crippen LogP contribution is -2.39. The third-order valence-electron chi connectivity index (χ3n) is 4.08. The Morgan fingerprint density at radius 3 is 2.85 bits per heavy atom. The number of nitrogens with two attached hydrogens (primary N) is 1. The molecule has 1 unspecified atom stereocenters. The Bertz CT molecular complexity index is 525. The van der Waals surface area contributed by atoms with Crippen molar-refractivity contribution in [1.29, 1.82) is 0 Å². The van der Waals surface area contributed by atoms with Crippen LogP contribution in [0.15, 0.2) is 33.4 Å². The molecule has 108 valence electrons. The van der Waals surface area contributed by atoms with Gasteiger partial charge in [0.15, 0.2) is 5.76 Å². The summed E-state index contributed by atoms with van der Waals surface area (Å²) >= 11 is 0. The summed E-state index contributed by atoms with van der Waals surface area (Å²) in [5.74, 6) is 2.07. The third-order valence-corrected chi connectivity index (χ3v) is 4.08. The van der Waals surface area contributed by atoms with E-state index in [0.717, 1.165) is 31.1 Å². The zero-order valence-corrected chi connectivity index (χ0v) is 11.8. The van der Waals surface area contributed by atoms with Gasteiger partial charge in [-0.25, -0.2) is 0 Å². The van der Waals surface area contributed by atoms with Gasteiger partial charge in [-0.3, -0.25) is 4.90 Å². The molecule has 3 heterocycles. The van der Waals surface area contributed by atoms with E-state index in [2.05, 4.69) is 17.0 Å². The van der Waals surface area contributed by atoms with Crippen LogP contribution in [0.3, 0.4) is 0 Å². The normalized spacial score (nSPS) is 19.3. The van der Waals surface area contributed by atoms with E-state index in [-0.39, 0.29) is 0 Å². The number of hydrogen-bond acceptors (Lipinski definition) is 5. The zero-order chi connectivity index (χ0) is 13.9. The van der Waals surface area contributed by atoms with Crippen molar-refractivity contribution in [2.75, 3.05) is 13.1 Å². The van der Waals surface area contributed by atoms with E-state index in [0.29, 0.717) is 17.7 Å². The van der Waals surface area contributed by atoms with Gasteiger partial charge in [0.1, 0.15) is 0 Å². The number of likely N-dealkylation sites (tertiary alicyclic amines) is 1. The van der Waals surface area contributed by atoms with Gasteiger partial charge in [0.2, 0.25) is 5.76 Å². The Balaban J connectivity index is 1.57. The van der Waals surface area contributed by atoms with Crippen molar-refractivity contribution >= 4 is 0 Å². The van der Waals surface area contributed by atoms with Crippen LogP contribution in [0.25, 0.3) is 11.5 Å². The first kappa shape index (κ1) is 13.4. The van der Waals surface area contributed by atoms with E-state index >= 15 is 0 Å². The molecule has 1 atom stereocenters. The summed E-state index contributed by atoms with van der Waals surface area (Å²) in [6.07, 6.45) is 3.97. The van der Waals surface area contributed by atoms with E-state index < -0.39 is 0 Å². The Hall–Kier alpha value is -1.59. The van der Waals surface area contributed by atoms with Crippen LogP contribution in [-0.4, -0.2) is 29.2 Å². The largest absolute Gasteiger partial charge is 0.461 e. The maximum absolute atomic E-state index is 5.97. The predicted molar refractivity (Wildman–Crippen MR) is 75.9 cm³/mol. The standard InChI is InChI=1S/C15H21N3O2/c1-11(16)12-4-6-18(7-5-12)10-13-9-15(20-17-13)14-3-2-8-19-14/h2-3,8-9,11-12H,4-7,10,16H2,1H3. The molecule has 2 N–H and O–H groups in total. The molecule has 1 aliphatic heterocycles. The molecule has 2 aromatic rings. The molecule has 1 fully saturated rings. The van der Waals surface area contributed by atoms with E-state index in [1.807, 2.05) is 18.2 Å². The van der Waals surface area contributed by atoms with Gasteiger partial charge in [0.05, 0.1) is 12.0 Å². The summed E-state index contributed by atoms with van der Waals surface area (Å²) in [6.45, 7) is 5.09. The molecule has 20 heavy (non-hydrogen) atoms. The highest BCUT2D eigenvalue weighted by Crippen LogP contribution is 2.23. The summed E-state index contributed by atoms with van der Waals surface area (Å²) in [7, 11) is 0. The van der Waals surface area contributed by atoms with Crippen LogP contribution in [0.4, 0.5) is 0 Å². The molecule has 1 saturated heterocycles. The summed E-state index contributed by atoms with van der Waals surface area (Å²) in [6, 6.07) is 5.97. The van der Waals surface area contributed by atoms with Crippen LogP contribution < -0.4 is 5.73 Å². The second-order valence-corrected chi connectivity index (χ2v) is 5.63. The number of furan rings is 1. The minimum atomic E-state index is 0.301. The lowest BCUT2D eigenvalue weighted by Gasteiger charge is -2.33. The Morgan fingerprint density at radius 2 is 2.20 bits per heavy atom. The SMILES string of the molecule is CC(N)C1CCN(Cc2cc(-c3ccco3)on2)CC1. The molecule has 0 amide bonds. The maximum atomic E-state index is 5.97. The highest BCUT2D eigenvalue weighted by Gasteiger charge is 2.22. The van der Waals surface area contributed by atoms with Gasteiger partial charge in [0, 0.05) is 18.7 Å². The van der Waals surface area contributed by atoms with E-state index in [4.69, 9.17) is 14.7 Å². The zero-order valence-electron chi connectivity index (χ0n) is 11.8. The molecule has 0 bridgehead atoms. The van der Waals surface area contributed by atoms with Gasteiger partial charge in [-0.2, -0.15) is 0 Å². The fourth-order valence-electron chi connectivity index (χ4n) is 2.79. The van der Waals surface area contributed by atoms with Crippen molar-refractivity contribution in [3.63, 3.8) is 0 Å². The van der Waals surface area contributed by atoms with Crippen LogP contribution in [-0.2, 0) is 6.54 Å². The Morgan fingerprint density at radius 1 is 1.40 bits per heavy atom. The first-order valence-corrected chi connectivity index (χ1v) is 7.20. The highest BCUT2D eigenvalue weighted by atomic mass is 16.5. The van der Waals surface area contributed by atoms with Gasteiger partial charge in [-0.05, 0) is 50.9 Å². The van der Waals surface area contributed by atoms with Gasteiger partial charge < -0.3 is 14.7 Å². The topological polar surface area (TPSA) is 68.4 Å². The second-order valence-electron chi connectivity index (χ2n) is 5.63. The average molecular weight is 275 g/mol. The fourth-order valence-corrected chi connectivity index (χ4v) is 2.79. The minimum Gasteiger partial charge on any atom is -0.461 e. The molecule has 5 heteroatoms. The van der Waals surface area contributed by atoms with Crippen LogP contribution in [0.5, 0.6) is 0 Å².